The normalized spacial score (nSPS) is 11.1. The van der Waals surface area contributed by atoms with Gasteiger partial charge in [-0.05, 0) is 39.7 Å². The molecule has 0 bridgehead atoms. The molecule has 0 atom stereocenters. The van der Waals surface area contributed by atoms with Gasteiger partial charge in [0.1, 0.15) is 0 Å². The first kappa shape index (κ1) is 21.7. The molecule has 2 aromatic rings. The van der Waals surface area contributed by atoms with Crippen LogP contribution in [0.25, 0.3) is 0 Å². The number of carbonyl (C=O) groups is 2. The van der Waals surface area contributed by atoms with E-state index in [1.807, 2.05) is 43.0 Å². The summed E-state index contributed by atoms with van der Waals surface area (Å²) in [5, 5.41) is 4.52. The van der Waals surface area contributed by atoms with Crippen LogP contribution in [-0.2, 0) is 29.0 Å². The summed E-state index contributed by atoms with van der Waals surface area (Å²) < 4.78 is 9.22. The van der Waals surface area contributed by atoms with Gasteiger partial charge < -0.3 is 9.30 Å². The molecule has 2 heterocycles. The fraction of sp³-hybridized carbons (Fsp3) is 0.500. The first-order valence-electron chi connectivity index (χ1n) is 9.65. The Morgan fingerprint density at radius 3 is 2.50 bits per heavy atom. The average molecular weight is 386 g/mol. The summed E-state index contributed by atoms with van der Waals surface area (Å²) in [6.07, 6.45) is 1.91. The highest BCUT2D eigenvalue weighted by Gasteiger charge is 2.19. The number of aryl methyl sites for hydroxylation is 2. The standard InChI is InChI=1S/C22H31N3O3/c1-8-9-24-15(4)10-20(17(24)6)21(26)13-28-22(27)11-19-16(5)23-25(18(19)7)12-14(2)3/h8,10,14H,1,9,11-13H2,2-7H3. The summed E-state index contributed by atoms with van der Waals surface area (Å²) in [4.78, 5) is 24.8. The van der Waals surface area contributed by atoms with Crippen molar-refractivity contribution in [1.29, 1.82) is 0 Å². The van der Waals surface area contributed by atoms with Crippen molar-refractivity contribution in [3.05, 3.63) is 52.6 Å². The zero-order valence-corrected chi connectivity index (χ0v) is 17.8. The van der Waals surface area contributed by atoms with Gasteiger partial charge in [-0.15, -0.1) is 6.58 Å². The Hall–Kier alpha value is -2.63. The molecule has 0 spiro atoms. The number of aromatic nitrogens is 3. The van der Waals surface area contributed by atoms with E-state index in [9.17, 15) is 9.59 Å². The molecule has 28 heavy (non-hydrogen) atoms. The molecule has 0 aliphatic rings. The van der Waals surface area contributed by atoms with E-state index in [1.54, 1.807) is 6.08 Å². The van der Waals surface area contributed by atoms with Crippen LogP contribution in [-0.4, -0.2) is 32.7 Å². The number of hydrogen-bond acceptors (Lipinski definition) is 4. The molecule has 0 amide bonds. The molecule has 0 aliphatic heterocycles. The summed E-state index contributed by atoms with van der Waals surface area (Å²) in [6.45, 7) is 16.9. The minimum atomic E-state index is -0.413. The van der Waals surface area contributed by atoms with E-state index in [-0.39, 0.29) is 18.8 Å². The maximum Gasteiger partial charge on any atom is 0.310 e. The van der Waals surface area contributed by atoms with Crippen LogP contribution in [0.15, 0.2) is 18.7 Å². The third-order valence-corrected chi connectivity index (χ3v) is 4.94. The summed E-state index contributed by atoms with van der Waals surface area (Å²) in [7, 11) is 0. The zero-order chi connectivity index (χ0) is 21.0. The number of ether oxygens (including phenoxy) is 1. The molecule has 2 aromatic heterocycles. The fourth-order valence-corrected chi connectivity index (χ4v) is 3.43. The van der Waals surface area contributed by atoms with E-state index in [2.05, 4.69) is 25.5 Å². The van der Waals surface area contributed by atoms with Gasteiger partial charge in [0.25, 0.3) is 0 Å². The lowest BCUT2D eigenvalue weighted by Gasteiger charge is -2.08. The minimum Gasteiger partial charge on any atom is -0.457 e. The van der Waals surface area contributed by atoms with Crippen LogP contribution in [0.3, 0.4) is 0 Å². The van der Waals surface area contributed by atoms with Crippen LogP contribution < -0.4 is 0 Å². The highest BCUT2D eigenvalue weighted by molar-refractivity contribution is 5.99. The smallest absolute Gasteiger partial charge is 0.310 e. The van der Waals surface area contributed by atoms with Crippen LogP contribution >= 0.6 is 0 Å². The second-order valence-electron chi connectivity index (χ2n) is 7.67. The van der Waals surface area contributed by atoms with Crippen LogP contribution in [0.5, 0.6) is 0 Å². The van der Waals surface area contributed by atoms with E-state index in [1.165, 1.54) is 0 Å². The number of nitrogens with zero attached hydrogens (tertiary/aromatic N) is 3. The van der Waals surface area contributed by atoms with Gasteiger partial charge in [-0.25, -0.2) is 0 Å². The molecule has 0 radical (unpaired) electrons. The maximum atomic E-state index is 12.5. The Kier molecular flexibility index (Phi) is 7.00. The lowest BCUT2D eigenvalue weighted by atomic mass is 10.1. The highest BCUT2D eigenvalue weighted by atomic mass is 16.5. The number of allylic oxidation sites excluding steroid dienone is 1. The molecule has 0 fully saturated rings. The van der Waals surface area contributed by atoms with Crippen LogP contribution in [0.1, 0.15) is 52.5 Å². The molecule has 0 unspecified atom stereocenters. The Balaban J connectivity index is 2.02. The predicted octanol–water partition coefficient (Wildman–Crippen LogP) is 3.73. The van der Waals surface area contributed by atoms with Crippen molar-refractivity contribution in [2.45, 2.75) is 61.1 Å². The molecule has 0 aliphatic carbocycles. The first-order chi connectivity index (χ1) is 13.1. The van der Waals surface area contributed by atoms with Crippen molar-refractivity contribution in [1.82, 2.24) is 14.3 Å². The number of hydrogen-bond donors (Lipinski definition) is 0. The summed E-state index contributed by atoms with van der Waals surface area (Å²) >= 11 is 0. The molecular formula is C22H31N3O3. The molecule has 0 saturated heterocycles. The number of Topliss-reactive ketones (excluding diaryl/α,β-unsaturated/α-hetero) is 1. The van der Waals surface area contributed by atoms with E-state index in [0.717, 1.165) is 34.9 Å². The number of esters is 1. The molecule has 0 aromatic carbocycles. The van der Waals surface area contributed by atoms with Gasteiger partial charge in [-0.3, -0.25) is 14.3 Å². The van der Waals surface area contributed by atoms with Gasteiger partial charge in [0.2, 0.25) is 5.78 Å². The summed E-state index contributed by atoms with van der Waals surface area (Å²) in [5.41, 5.74) is 5.11. The van der Waals surface area contributed by atoms with Crippen molar-refractivity contribution >= 4 is 11.8 Å². The quantitative estimate of drug-likeness (QED) is 0.375. The van der Waals surface area contributed by atoms with E-state index < -0.39 is 5.97 Å². The minimum absolute atomic E-state index is 0.124. The maximum absolute atomic E-state index is 12.5. The Morgan fingerprint density at radius 1 is 1.21 bits per heavy atom. The van der Waals surface area contributed by atoms with Gasteiger partial charge in [-0.1, -0.05) is 19.9 Å². The monoisotopic (exact) mass is 385 g/mol. The van der Waals surface area contributed by atoms with Gasteiger partial charge in [-0.2, -0.15) is 5.10 Å². The number of ketones is 1. The summed E-state index contributed by atoms with van der Waals surface area (Å²) in [6, 6.07) is 1.83. The predicted molar refractivity (Wildman–Crippen MR) is 110 cm³/mol. The van der Waals surface area contributed by atoms with Gasteiger partial charge >= 0.3 is 5.97 Å². The molecule has 6 heteroatoms. The topological polar surface area (TPSA) is 66.1 Å². The van der Waals surface area contributed by atoms with Crippen LogP contribution in [0.4, 0.5) is 0 Å². The highest BCUT2D eigenvalue weighted by Crippen LogP contribution is 2.18. The molecule has 152 valence electrons. The second-order valence-corrected chi connectivity index (χ2v) is 7.67. The second kappa shape index (κ2) is 9.04. The van der Waals surface area contributed by atoms with Gasteiger partial charge in [0.15, 0.2) is 6.61 Å². The van der Waals surface area contributed by atoms with Gasteiger partial charge in [0, 0.05) is 41.3 Å². The number of rotatable bonds is 9. The Bertz CT molecular complexity index is 887. The zero-order valence-electron chi connectivity index (χ0n) is 17.8. The summed E-state index contributed by atoms with van der Waals surface area (Å²) in [5.74, 6) is -0.139. The molecule has 6 nitrogen and oxygen atoms in total. The number of carbonyl (C=O) groups excluding carboxylic acids is 2. The lowest BCUT2D eigenvalue weighted by Crippen LogP contribution is -2.17. The van der Waals surface area contributed by atoms with Crippen molar-refractivity contribution < 1.29 is 14.3 Å². The lowest BCUT2D eigenvalue weighted by molar-refractivity contribution is -0.141. The largest absolute Gasteiger partial charge is 0.457 e. The molecule has 0 saturated carbocycles. The average Bonchev–Trinajstić information content (AvgIpc) is 3.04. The third kappa shape index (κ3) is 4.80. The molecular weight excluding hydrogens is 354 g/mol. The van der Waals surface area contributed by atoms with E-state index >= 15 is 0 Å². The van der Waals surface area contributed by atoms with Crippen molar-refractivity contribution in [3.8, 4) is 0 Å². The van der Waals surface area contributed by atoms with Crippen LogP contribution in [0.2, 0.25) is 0 Å². The van der Waals surface area contributed by atoms with Crippen molar-refractivity contribution in [2.75, 3.05) is 6.61 Å². The van der Waals surface area contributed by atoms with E-state index in [0.29, 0.717) is 18.0 Å². The molecule has 0 N–H and O–H groups in total. The SMILES string of the molecule is C=CCn1c(C)cc(C(=O)COC(=O)Cc2c(C)nn(CC(C)C)c2C)c1C. The van der Waals surface area contributed by atoms with Crippen molar-refractivity contribution in [2.24, 2.45) is 5.92 Å². The Morgan fingerprint density at radius 2 is 1.89 bits per heavy atom. The third-order valence-electron chi connectivity index (χ3n) is 4.94. The fourth-order valence-electron chi connectivity index (χ4n) is 3.43. The molecule has 2 rings (SSSR count). The Labute approximate surface area is 167 Å². The van der Waals surface area contributed by atoms with Crippen LogP contribution in [0, 0.1) is 33.6 Å². The van der Waals surface area contributed by atoms with Gasteiger partial charge in [0.05, 0.1) is 12.1 Å². The van der Waals surface area contributed by atoms with E-state index in [4.69, 9.17) is 4.74 Å². The van der Waals surface area contributed by atoms with Crippen molar-refractivity contribution in [3.63, 3.8) is 0 Å². The first-order valence-corrected chi connectivity index (χ1v) is 9.65.